The van der Waals surface area contributed by atoms with Crippen molar-refractivity contribution in [1.82, 2.24) is 0 Å². The fraction of sp³-hybridized carbons (Fsp3) is 0.684. The Bertz CT molecular complexity index is 458. The van der Waals surface area contributed by atoms with Gasteiger partial charge in [0.25, 0.3) is 0 Å². The van der Waals surface area contributed by atoms with Crippen molar-refractivity contribution in [3.63, 3.8) is 0 Å². The molecule has 114 valence electrons. The third-order valence-corrected chi connectivity index (χ3v) is 3.84. The molecule has 1 nitrogen and oxygen atoms in total. The number of rotatable bonds is 3. The Labute approximate surface area is 125 Å². The standard InChI is InChI=1S/C19H32O/c1-10-14(3)20-17-13(2)11-15(18(4,5)6)12-16(17)19(7,8)9/h11-12,14H,10H2,1-9H3. The van der Waals surface area contributed by atoms with Crippen molar-refractivity contribution in [2.45, 2.75) is 85.7 Å². The maximum absolute atomic E-state index is 6.22. The van der Waals surface area contributed by atoms with Crippen molar-refractivity contribution in [3.8, 4) is 5.75 Å². The number of ether oxygens (including phenoxy) is 1. The van der Waals surface area contributed by atoms with Gasteiger partial charge in [-0.3, -0.25) is 0 Å². The van der Waals surface area contributed by atoms with E-state index in [0.29, 0.717) is 0 Å². The molecule has 0 aliphatic heterocycles. The molecule has 1 heteroatoms. The van der Waals surface area contributed by atoms with E-state index in [0.717, 1.165) is 12.2 Å². The van der Waals surface area contributed by atoms with Crippen molar-refractivity contribution < 1.29 is 4.74 Å². The summed E-state index contributed by atoms with van der Waals surface area (Å²) in [5.41, 5.74) is 4.22. The zero-order chi connectivity index (χ0) is 15.7. The molecule has 0 saturated carbocycles. The predicted octanol–water partition coefficient (Wildman–Crippen LogP) is 5.77. The summed E-state index contributed by atoms with van der Waals surface area (Å²) < 4.78 is 6.22. The van der Waals surface area contributed by atoms with Crippen LogP contribution in [0.1, 0.15) is 78.5 Å². The molecule has 0 radical (unpaired) electrons. The molecular formula is C19H32O. The van der Waals surface area contributed by atoms with Crippen molar-refractivity contribution in [1.29, 1.82) is 0 Å². The minimum atomic E-state index is 0.0921. The first-order valence-electron chi connectivity index (χ1n) is 7.79. The second-order valence-electron chi connectivity index (χ2n) is 8.01. The fourth-order valence-corrected chi connectivity index (χ4v) is 2.20. The lowest BCUT2D eigenvalue weighted by Crippen LogP contribution is -2.21. The molecule has 0 spiro atoms. The zero-order valence-electron chi connectivity index (χ0n) is 14.8. The second kappa shape index (κ2) is 5.79. The number of benzene rings is 1. The Kier molecular flexibility index (Phi) is 4.94. The highest BCUT2D eigenvalue weighted by atomic mass is 16.5. The van der Waals surface area contributed by atoms with Crippen LogP contribution in [0.4, 0.5) is 0 Å². The van der Waals surface area contributed by atoms with Gasteiger partial charge >= 0.3 is 0 Å². The summed E-state index contributed by atoms with van der Waals surface area (Å²) >= 11 is 0. The van der Waals surface area contributed by atoms with Gasteiger partial charge in [0.15, 0.2) is 0 Å². The molecule has 1 aromatic rings. The van der Waals surface area contributed by atoms with Crippen LogP contribution in [0.5, 0.6) is 5.75 Å². The largest absolute Gasteiger partial charge is 0.490 e. The van der Waals surface area contributed by atoms with Crippen LogP contribution in [0.3, 0.4) is 0 Å². The predicted molar refractivity (Wildman–Crippen MR) is 89.0 cm³/mol. The third kappa shape index (κ3) is 4.01. The van der Waals surface area contributed by atoms with Crippen molar-refractivity contribution in [3.05, 3.63) is 28.8 Å². The molecule has 0 N–H and O–H groups in total. The topological polar surface area (TPSA) is 9.23 Å². The first-order valence-corrected chi connectivity index (χ1v) is 7.79. The summed E-state index contributed by atoms with van der Waals surface area (Å²) in [5, 5.41) is 0. The van der Waals surface area contributed by atoms with E-state index in [2.05, 4.69) is 74.4 Å². The molecule has 0 aliphatic rings. The Morgan fingerprint density at radius 2 is 1.55 bits per heavy atom. The van der Waals surface area contributed by atoms with Crippen LogP contribution in [-0.4, -0.2) is 6.10 Å². The third-order valence-electron chi connectivity index (χ3n) is 3.84. The average molecular weight is 276 g/mol. The average Bonchev–Trinajstić information content (AvgIpc) is 2.28. The van der Waals surface area contributed by atoms with Gasteiger partial charge in [0.1, 0.15) is 5.75 Å². The summed E-state index contributed by atoms with van der Waals surface area (Å²) in [6.45, 7) is 20.1. The maximum Gasteiger partial charge on any atom is 0.126 e. The molecule has 0 heterocycles. The van der Waals surface area contributed by atoms with Gasteiger partial charge in [0.05, 0.1) is 6.10 Å². The summed E-state index contributed by atoms with van der Waals surface area (Å²) in [4.78, 5) is 0. The van der Waals surface area contributed by atoms with Gasteiger partial charge in [-0.05, 0) is 42.2 Å². The van der Waals surface area contributed by atoms with E-state index in [1.807, 2.05) is 0 Å². The van der Waals surface area contributed by atoms with Gasteiger partial charge < -0.3 is 4.74 Å². The van der Waals surface area contributed by atoms with Gasteiger partial charge in [-0.25, -0.2) is 0 Å². The molecule has 0 amide bonds. The molecule has 1 atom stereocenters. The Balaban J connectivity index is 3.44. The molecule has 20 heavy (non-hydrogen) atoms. The van der Waals surface area contributed by atoms with E-state index in [4.69, 9.17) is 4.74 Å². The molecule has 0 aromatic heterocycles. The summed E-state index contributed by atoms with van der Waals surface area (Å²) in [6, 6.07) is 4.62. The van der Waals surface area contributed by atoms with E-state index >= 15 is 0 Å². The smallest absolute Gasteiger partial charge is 0.126 e. The van der Waals surface area contributed by atoms with Crippen molar-refractivity contribution in [2.75, 3.05) is 0 Å². The normalized spacial score (nSPS) is 14.2. The summed E-state index contributed by atoms with van der Waals surface area (Å²) in [7, 11) is 0. The lowest BCUT2D eigenvalue weighted by molar-refractivity contribution is 0.211. The maximum atomic E-state index is 6.22. The first-order chi connectivity index (χ1) is 8.96. The fourth-order valence-electron chi connectivity index (χ4n) is 2.20. The minimum Gasteiger partial charge on any atom is -0.490 e. The van der Waals surface area contributed by atoms with E-state index in [9.17, 15) is 0 Å². The quantitative estimate of drug-likeness (QED) is 0.681. The SMILES string of the molecule is CCC(C)Oc1c(C)cc(C(C)(C)C)cc1C(C)(C)C. The van der Waals surface area contributed by atoms with Gasteiger partial charge in [-0.2, -0.15) is 0 Å². The number of aryl methyl sites for hydroxylation is 1. The first kappa shape index (κ1) is 17.1. The van der Waals surface area contributed by atoms with Gasteiger partial charge in [0.2, 0.25) is 0 Å². The number of hydrogen-bond acceptors (Lipinski definition) is 1. The lowest BCUT2D eigenvalue weighted by Gasteiger charge is -2.30. The molecule has 0 bridgehead atoms. The zero-order valence-corrected chi connectivity index (χ0v) is 14.8. The molecule has 0 fully saturated rings. The van der Waals surface area contributed by atoms with E-state index in [1.165, 1.54) is 16.7 Å². The highest BCUT2D eigenvalue weighted by Crippen LogP contribution is 2.38. The van der Waals surface area contributed by atoms with Crippen molar-refractivity contribution >= 4 is 0 Å². The van der Waals surface area contributed by atoms with Crippen LogP contribution in [0.25, 0.3) is 0 Å². The lowest BCUT2D eigenvalue weighted by atomic mass is 9.79. The van der Waals surface area contributed by atoms with Crippen LogP contribution in [0.2, 0.25) is 0 Å². The van der Waals surface area contributed by atoms with Crippen LogP contribution < -0.4 is 4.74 Å². The number of hydrogen-bond donors (Lipinski definition) is 0. The second-order valence-corrected chi connectivity index (χ2v) is 8.01. The van der Waals surface area contributed by atoms with Gasteiger partial charge in [0, 0.05) is 5.56 Å². The van der Waals surface area contributed by atoms with E-state index in [-0.39, 0.29) is 16.9 Å². The summed E-state index contributed by atoms with van der Waals surface area (Å²) in [6.07, 6.45) is 1.29. The Morgan fingerprint density at radius 1 is 1.00 bits per heavy atom. The van der Waals surface area contributed by atoms with Crippen molar-refractivity contribution in [2.24, 2.45) is 0 Å². The van der Waals surface area contributed by atoms with E-state index in [1.54, 1.807) is 0 Å². The molecule has 1 aromatic carbocycles. The highest BCUT2D eigenvalue weighted by Gasteiger charge is 2.25. The van der Waals surface area contributed by atoms with Gasteiger partial charge in [-0.1, -0.05) is 60.6 Å². The van der Waals surface area contributed by atoms with Crippen LogP contribution in [0, 0.1) is 6.92 Å². The van der Waals surface area contributed by atoms with Crippen LogP contribution in [0.15, 0.2) is 12.1 Å². The molecule has 1 unspecified atom stereocenters. The molecule has 0 aliphatic carbocycles. The summed E-state index contributed by atoms with van der Waals surface area (Å²) in [5.74, 6) is 1.08. The van der Waals surface area contributed by atoms with Crippen LogP contribution >= 0.6 is 0 Å². The Hall–Kier alpha value is -0.980. The van der Waals surface area contributed by atoms with Crippen LogP contribution in [-0.2, 0) is 10.8 Å². The molecule has 0 saturated heterocycles. The monoisotopic (exact) mass is 276 g/mol. The molecular weight excluding hydrogens is 244 g/mol. The van der Waals surface area contributed by atoms with E-state index < -0.39 is 0 Å². The molecule has 1 rings (SSSR count). The highest BCUT2D eigenvalue weighted by molar-refractivity contribution is 5.49. The minimum absolute atomic E-state index is 0.0921. The van der Waals surface area contributed by atoms with Gasteiger partial charge in [-0.15, -0.1) is 0 Å². The Morgan fingerprint density at radius 3 is 1.95 bits per heavy atom.